The number of aryl methyl sites for hydroxylation is 1. The molecule has 0 aliphatic carbocycles. The summed E-state index contributed by atoms with van der Waals surface area (Å²) in [6, 6.07) is 6.87. The maximum absolute atomic E-state index is 11.2. The highest BCUT2D eigenvalue weighted by Crippen LogP contribution is 2.17. The van der Waals surface area contributed by atoms with Gasteiger partial charge >= 0.3 is 5.97 Å². The van der Waals surface area contributed by atoms with Crippen molar-refractivity contribution in [2.24, 2.45) is 0 Å². The summed E-state index contributed by atoms with van der Waals surface area (Å²) < 4.78 is 4.79. The van der Waals surface area contributed by atoms with Crippen molar-refractivity contribution in [3.63, 3.8) is 0 Å². The van der Waals surface area contributed by atoms with Crippen LogP contribution in [0.2, 0.25) is 0 Å². The minimum Gasteiger partial charge on any atom is -0.508 e. The Morgan fingerprint density at radius 1 is 1.44 bits per heavy atom. The smallest absolute Gasteiger partial charge is 0.306 e. The summed E-state index contributed by atoms with van der Waals surface area (Å²) in [6.45, 7) is 1.57. The van der Waals surface area contributed by atoms with Gasteiger partial charge in [-0.2, -0.15) is 0 Å². The Hall–Kier alpha value is -1.55. The average Bonchev–Trinajstić information content (AvgIpc) is 2.25. The molecule has 0 heterocycles. The van der Waals surface area contributed by atoms with Crippen molar-refractivity contribution in [2.45, 2.75) is 25.9 Å². The van der Waals surface area contributed by atoms with E-state index in [-0.39, 0.29) is 24.7 Å². The molecule has 16 heavy (non-hydrogen) atoms. The highest BCUT2D eigenvalue weighted by molar-refractivity contribution is 5.69. The van der Waals surface area contributed by atoms with Gasteiger partial charge in [0, 0.05) is 6.42 Å². The van der Waals surface area contributed by atoms with E-state index >= 15 is 0 Å². The van der Waals surface area contributed by atoms with Gasteiger partial charge in [-0.1, -0.05) is 18.2 Å². The number of rotatable bonds is 5. The zero-order valence-corrected chi connectivity index (χ0v) is 9.22. The van der Waals surface area contributed by atoms with E-state index in [2.05, 4.69) is 0 Å². The molecular formula is C12H16O4. The Morgan fingerprint density at radius 2 is 2.12 bits per heavy atom. The molecule has 88 valence electrons. The predicted octanol–water partition coefficient (Wildman–Crippen LogP) is 1.25. The number of para-hydroxylation sites is 1. The van der Waals surface area contributed by atoms with Crippen LogP contribution in [0.25, 0.3) is 0 Å². The SMILES string of the molecule is CC(O)COC(=O)CCc1ccccc1O. The Balaban J connectivity index is 2.35. The molecule has 0 saturated carbocycles. The molecule has 0 fully saturated rings. The molecular weight excluding hydrogens is 208 g/mol. The van der Waals surface area contributed by atoms with Crippen molar-refractivity contribution in [1.29, 1.82) is 0 Å². The van der Waals surface area contributed by atoms with Crippen molar-refractivity contribution >= 4 is 5.97 Å². The van der Waals surface area contributed by atoms with Gasteiger partial charge in [0.15, 0.2) is 0 Å². The molecule has 1 aromatic carbocycles. The van der Waals surface area contributed by atoms with Crippen LogP contribution in [0.1, 0.15) is 18.9 Å². The summed E-state index contributed by atoms with van der Waals surface area (Å²) in [4.78, 5) is 11.2. The maximum Gasteiger partial charge on any atom is 0.306 e. The molecule has 0 aliphatic heterocycles. The van der Waals surface area contributed by atoms with E-state index in [1.165, 1.54) is 0 Å². The second-order valence-corrected chi connectivity index (χ2v) is 3.66. The first-order valence-corrected chi connectivity index (χ1v) is 5.20. The van der Waals surface area contributed by atoms with Crippen LogP contribution in [0.15, 0.2) is 24.3 Å². The number of benzene rings is 1. The van der Waals surface area contributed by atoms with Gasteiger partial charge in [-0.3, -0.25) is 4.79 Å². The van der Waals surface area contributed by atoms with E-state index in [0.29, 0.717) is 6.42 Å². The van der Waals surface area contributed by atoms with Crippen LogP contribution in [0.3, 0.4) is 0 Å². The largest absolute Gasteiger partial charge is 0.508 e. The Bertz CT molecular complexity index is 347. The molecule has 0 radical (unpaired) electrons. The van der Waals surface area contributed by atoms with Crippen molar-refractivity contribution in [3.05, 3.63) is 29.8 Å². The second-order valence-electron chi connectivity index (χ2n) is 3.66. The van der Waals surface area contributed by atoms with Crippen molar-refractivity contribution < 1.29 is 19.7 Å². The molecule has 1 atom stereocenters. The molecule has 0 amide bonds. The second kappa shape index (κ2) is 6.12. The number of carbonyl (C=O) groups is 1. The zero-order valence-electron chi connectivity index (χ0n) is 9.22. The normalized spacial score (nSPS) is 12.1. The number of phenols is 1. The summed E-state index contributed by atoms with van der Waals surface area (Å²) in [5.74, 6) is -0.185. The van der Waals surface area contributed by atoms with E-state index < -0.39 is 6.10 Å². The first kappa shape index (κ1) is 12.5. The number of ether oxygens (including phenoxy) is 1. The van der Waals surface area contributed by atoms with Crippen molar-refractivity contribution in [2.75, 3.05) is 6.61 Å². The Labute approximate surface area is 94.5 Å². The number of carbonyl (C=O) groups excluding carboxylic acids is 1. The zero-order chi connectivity index (χ0) is 12.0. The van der Waals surface area contributed by atoms with Gasteiger partial charge in [0.2, 0.25) is 0 Å². The summed E-state index contributed by atoms with van der Waals surface area (Å²) in [5.41, 5.74) is 0.719. The average molecular weight is 224 g/mol. The number of aliphatic hydroxyl groups is 1. The minimum atomic E-state index is -0.644. The lowest BCUT2D eigenvalue weighted by Crippen LogP contribution is -2.15. The lowest BCUT2D eigenvalue weighted by Gasteiger charge is -2.07. The van der Waals surface area contributed by atoms with E-state index in [1.807, 2.05) is 0 Å². The van der Waals surface area contributed by atoms with Gasteiger partial charge in [0.05, 0.1) is 6.10 Å². The van der Waals surface area contributed by atoms with Crippen LogP contribution < -0.4 is 0 Å². The number of esters is 1. The van der Waals surface area contributed by atoms with Gasteiger partial charge in [-0.05, 0) is 25.0 Å². The van der Waals surface area contributed by atoms with Crippen molar-refractivity contribution in [1.82, 2.24) is 0 Å². The Morgan fingerprint density at radius 3 is 2.75 bits per heavy atom. The monoisotopic (exact) mass is 224 g/mol. The topological polar surface area (TPSA) is 66.8 Å². The van der Waals surface area contributed by atoms with Crippen molar-refractivity contribution in [3.8, 4) is 5.75 Å². The summed E-state index contributed by atoms with van der Waals surface area (Å²) in [6.07, 6.45) is -0.00984. The standard InChI is InChI=1S/C12H16O4/c1-9(13)8-16-12(15)7-6-10-4-2-3-5-11(10)14/h2-5,9,13-14H,6-8H2,1H3. The number of aromatic hydroxyl groups is 1. The van der Waals surface area contributed by atoms with Crippen LogP contribution in [0, 0.1) is 0 Å². The third-order valence-corrected chi connectivity index (χ3v) is 2.08. The molecule has 2 N–H and O–H groups in total. The maximum atomic E-state index is 11.2. The number of hydrogen-bond acceptors (Lipinski definition) is 4. The summed E-state index contributed by atoms with van der Waals surface area (Å²) in [7, 11) is 0. The number of phenolic OH excluding ortho intramolecular Hbond substituents is 1. The molecule has 0 bridgehead atoms. The molecule has 1 rings (SSSR count). The molecule has 0 spiro atoms. The fraction of sp³-hybridized carbons (Fsp3) is 0.417. The van der Waals surface area contributed by atoms with Gasteiger partial charge < -0.3 is 14.9 Å². The predicted molar refractivity (Wildman–Crippen MR) is 59.1 cm³/mol. The van der Waals surface area contributed by atoms with E-state index in [4.69, 9.17) is 9.84 Å². The lowest BCUT2D eigenvalue weighted by atomic mass is 10.1. The third kappa shape index (κ3) is 4.31. The van der Waals surface area contributed by atoms with E-state index in [1.54, 1.807) is 31.2 Å². The highest BCUT2D eigenvalue weighted by atomic mass is 16.5. The molecule has 4 heteroatoms. The fourth-order valence-corrected chi connectivity index (χ4v) is 1.24. The lowest BCUT2D eigenvalue weighted by molar-refractivity contribution is -0.146. The van der Waals surface area contributed by atoms with Crippen LogP contribution in [0.4, 0.5) is 0 Å². The summed E-state index contributed by atoms with van der Waals surface area (Å²) >= 11 is 0. The summed E-state index contributed by atoms with van der Waals surface area (Å²) in [5, 5.41) is 18.4. The first-order chi connectivity index (χ1) is 7.59. The van der Waals surface area contributed by atoms with Gasteiger partial charge in [-0.25, -0.2) is 0 Å². The van der Waals surface area contributed by atoms with Gasteiger partial charge in [0.25, 0.3) is 0 Å². The molecule has 0 aromatic heterocycles. The Kier molecular flexibility index (Phi) is 4.79. The van der Waals surface area contributed by atoms with Gasteiger partial charge in [0.1, 0.15) is 12.4 Å². The molecule has 0 saturated heterocycles. The van der Waals surface area contributed by atoms with Crippen LogP contribution in [0.5, 0.6) is 5.75 Å². The quantitative estimate of drug-likeness (QED) is 0.739. The highest BCUT2D eigenvalue weighted by Gasteiger charge is 2.07. The number of aliphatic hydroxyl groups excluding tert-OH is 1. The van der Waals surface area contributed by atoms with Crippen LogP contribution >= 0.6 is 0 Å². The fourth-order valence-electron chi connectivity index (χ4n) is 1.24. The number of hydrogen-bond donors (Lipinski definition) is 2. The van der Waals surface area contributed by atoms with Gasteiger partial charge in [-0.15, -0.1) is 0 Å². The molecule has 0 aliphatic rings. The molecule has 1 aromatic rings. The molecule has 4 nitrogen and oxygen atoms in total. The minimum absolute atomic E-state index is 0.0135. The first-order valence-electron chi connectivity index (χ1n) is 5.20. The third-order valence-electron chi connectivity index (χ3n) is 2.08. The molecule has 1 unspecified atom stereocenters. The van der Waals surface area contributed by atoms with Crippen LogP contribution in [-0.2, 0) is 16.0 Å². The van der Waals surface area contributed by atoms with E-state index in [9.17, 15) is 9.90 Å². The van der Waals surface area contributed by atoms with Crippen LogP contribution in [-0.4, -0.2) is 28.9 Å². The van der Waals surface area contributed by atoms with E-state index in [0.717, 1.165) is 5.56 Å².